The summed E-state index contributed by atoms with van der Waals surface area (Å²) in [6.07, 6.45) is 4.26. The van der Waals surface area contributed by atoms with Crippen LogP contribution in [0.1, 0.15) is 124 Å². The Kier molecular flexibility index (Phi) is 22.6. The van der Waals surface area contributed by atoms with E-state index in [9.17, 15) is 5.26 Å². The molecule has 0 saturated carbocycles. The zero-order valence-electron chi connectivity index (χ0n) is 47.4. The Morgan fingerprint density at radius 2 is 1.34 bits per heavy atom. The molecule has 1 aliphatic rings. The number of rotatable bonds is 29. The highest BCUT2D eigenvalue weighted by Crippen LogP contribution is 2.49. The quantitative estimate of drug-likeness (QED) is 0.0148. The lowest BCUT2D eigenvalue weighted by molar-refractivity contribution is -0.0919. The first-order valence-electron chi connectivity index (χ1n) is 27.2. The van der Waals surface area contributed by atoms with E-state index in [0.29, 0.717) is 65.2 Å². The third-order valence-electron chi connectivity index (χ3n) is 12.8. The van der Waals surface area contributed by atoms with Crippen LogP contribution in [0.2, 0.25) is 0 Å². The molecule has 0 spiro atoms. The summed E-state index contributed by atoms with van der Waals surface area (Å²) in [4.78, 5) is 24.8. The van der Waals surface area contributed by atoms with Crippen LogP contribution in [-0.4, -0.2) is 125 Å². The van der Waals surface area contributed by atoms with Crippen LogP contribution in [0.5, 0.6) is 11.5 Å². The van der Waals surface area contributed by atoms with Crippen LogP contribution in [0, 0.1) is 46.8 Å². The SMILES string of the molecule is CC#Cc1nn(C2CC(OP(CCC#N)N(CC)CCC)C(COC(c3ccccc3)(c3ccc(OC)cc3)c3ccc(OC)cc3)O2)c2nc(N=CN(CC(C)C)CC(C)C)nc(N=CN(CC(C)C)CC(C)C)c12. The molecule has 3 aromatic carbocycles. The maximum Gasteiger partial charge on any atom is 0.254 e. The molecule has 16 heteroatoms. The maximum atomic E-state index is 9.92. The van der Waals surface area contributed by atoms with Gasteiger partial charge in [0, 0.05) is 58.3 Å². The van der Waals surface area contributed by atoms with E-state index in [4.69, 9.17) is 48.5 Å². The Bertz CT molecular complexity index is 2660. The van der Waals surface area contributed by atoms with Crippen LogP contribution in [0.25, 0.3) is 11.0 Å². The minimum absolute atomic E-state index is 0.111. The number of nitrogens with zero attached hydrogens (tertiary/aromatic N) is 10. The topological polar surface area (TPSA) is 148 Å². The van der Waals surface area contributed by atoms with Gasteiger partial charge in [0.25, 0.3) is 5.95 Å². The van der Waals surface area contributed by atoms with Crippen LogP contribution in [0.15, 0.2) is 88.8 Å². The lowest BCUT2D eigenvalue weighted by atomic mass is 9.80. The number of fused-ring (bicyclic) bond motifs is 1. The molecular formula is C60H83N10O5P. The molecular weight excluding hydrogens is 972 g/mol. The molecule has 1 aliphatic heterocycles. The molecule has 6 rings (SSSR count). The van der Waals surface area contributed by atoms with Gasteiger partial charge >= 0.3 is 0 Å². The van der Waals surface area contributed by atoms with Crippen LogP contribution >= 0.6 is 8.30 Å². The van der Waals surface area contributed by atoms with Gasteiger partial charge in [0.15, 0.2) is 17.7 Å². The first-order chi connectivity index (χ1) is 36.7. The first-order valence-corrected chi connectivity index (χ1v) is 28.6. The smallest absolute Gasteiger partial charge is 0.254 e. The molecule has 1 saturated heterocycles. The largest absolute Gasteiger partial charge is 0.497 e. The summed E-state index contributed by atoms with van der Waals surface area (Å²) in [6.45, 7) is 28.8. The standard InChI is InChI=1S/C60H83N10O5P/c1-14-21-52-56-57(62-41-67(36-43(4)5)37-44(6)7)64-59(63-42-68(38-45(8)9)39-46(10)11)65-58(56)70(66-52)55-35-53(75-76(34-20-32-61)69(16-3)33-15-2)54(74-55)40-73-60(47-22-18-17-19-23-47,48-24-28-50(71-12)29-25-48)49-26-30-51(72-13)31-27-49/h17-19,22-31,41-46,53-55H,15-16,20,33-40H2,1-13H3. The van der Waals surface area contributed by atoms with Crippen LogP contribution in [0.4, 0.5) is 11.8 Å². The third-order valence-corrected chi connectivity index (χ3v) is 15.0. The van der Waals surface area contributed by atoms with E-state index in [1.54, 1.807) is 21.1 Å². The second-order valence-corrected chi connectivity index (χ2v) is 23.0. The van der Waals surface area contributed by atoms with Gasteiger partial charge < -0.3 is 33.3 Å². The van der Waals surface area contributed by atoms with E-state index in [-0.39, 0.29) is 12.6 Å². The van der Waals surface area contributed by atoms with Crippen molar-refractivity contribution in [2.45, 2.75) is 119 Å². The van der Waals surface area contributed by atoms with E-state index in [0.717, 1.165) is 73.9 Å². The van der Waals surface area contributed by atoms with Gasteiger partial charge in [0.2, 0.25) is 0 Å². The molecule has 0 bridgehead atoms. The fraction of sp³-hybridized carbons (Fsp3) is 0.533. The number of hydrogen-bond donors (Lipinski definition) is 0. The van der Waals surface area contributed by atoms with Crippen molar-refractivity contribution in [2.75, 3.05) is 66.3 Å². The lowest BCUT2D eigenvalue weighted by Crippen LogP contribution is -2.38. The molecule has 2 aromatic heterocycles. The predicted octanol–water partition coefficient (Wildman–Crippen LogP) is 12.4. The molecule has 1 fully saturated rings. The third kappa shape index (κ3) is 15.6. The Balaban J connectivity index is 1.54. The van der Waals surface area contributed by atoms with E-state index < -0.39 is 32.3 Å². The second kappa shape index (κ2) is 29.0. The molecule has 4 unspecified atom stereocenters. The zero-order valence-corrected chi connectivity index (χ0v) is 48.3. The molecule has 0 aliphatic carbocycles. The maximum absolute atomic E-state index is 9.92. The number of ether oxygens (including phenoxy) is 4. The summed E-state index contributed by atoms with van der Waals surface area (Å²) in [5.74, 6) is 10.2. The molecule has 0 amide bonds. The van der Waals surface area contributed by atoms with Crippen molar-refractivity contribution in [1.82, 2.24) is 34.2 Å². The number of aromatic nitrogens is 4. The minimum Gasteiger partial charge on any atom is -0.497 e. The second-order valence-electron chi connectivity index (χ2n) is 21.0. The van der Waals surface area contributed by atoms with Crippen LogP contribution in [-0.2, 0) is 19.6 Å². The van der Waals surface area contributed by atoms with Crippen molar-refractivity contribution in [1.29, 1.82) is 5.26 Å². The number of aliphatic imine (C=N–C) groups is 2. The average Bonchev–Trinajstić information content (AvgIpc) is 4.00. The number of benzene rings is 3. The van der Waals surface area contributed by atoms with Crippen LogP contribution < -0.4 is 9.47 Å². The first kappa shape index (κ1) is 59.3. The van der Waals surface area contributed by atoms with Crippen molar-refractivity contribution < 1.29 is 23.5 Å². The summed E-state index contributed by atoms with van der Waals surface area (Å²) in [7, 11) is 2.12. The Hall–Kier alpha value is -5.93. The van der Waals surface area contributed by atoms with Gasteiger partial charge in [-0.1, -0.05) is 130 Å². The van der Waals surface area contributed by atoms with E-state index in [1.807, 2.05) is 59.8 Å². The fourth-order valence-corrected chi connectivity index (χ4v) is 11.8. The van der Waals surface area contributed by atoms with Crippen molar-refractivity contribution in [3.05, 3.63) is 101 Å². The highest BCUT2D eigenvalue weighted by Gasteiger charge is 2.45. The van der Waals surface area contributed by atoms with Crippen molar-refractivity contribution in [2.24, 2.45) is 33.7 Å². The van der Waals surface area contributed by atoms with Gasteiger partial charge in [0.1, 0.15) is 42.6 Å². The molecule has 76 heavy (non-hydrogen) atoms. The molecule has 0 N–H and O–H groups in total. The summed E-state index contributed by atoms with van der Waals surface area (Å²) >= 11 is 0. The molecule has 0 radical (unpaired) electrons. The summed E-state index contributed by atoms with van der Waals surface area (Å²) in [5.41, 5.74) is 2.58. The van der Waals surface area contributed by atoms with Gasteiger partial charge in [-0.15, -0.1) is 0 Å². The number of methoxy groups -OCH3 is 2. The molecule has 15 nitrogen and oxygen atoms in total. The van der Waals surface area contributed by atoms with E-state index >= 15 is 0 Å². The van der Waals surface area contributed by atoms with Gasteiger partial charge in [-0.3, -0.25) is 4.67 Å². The predicted molar refractivity (Wildman–Crippen MR) is 308 cm³/mol. The molecule has 3 heterocycles. The average molecular weight is 1060 g/mol. The number of hydrogen-bond acceptors (Lipinski definition) is 12. The van der Waals surface area contributed by atoms with Crippen LogP contribution in [0.3, 0.4) is 0 Å². The lowest BCUT2D eigenvalue weighted by Gasteiger charge is -2.38. The summed E-state index contributed by atoms with van der Waals surface area (Å²) in [6, 6.07) is 28.7. The number of nitriles is 1. The van der Waals surface area contributed by atoms with Gasteiger partial charge in [-0.05, 0) is 83.9 Å². The van der Waals surface area contributed by atoms with Crippen molar-refractivity contribution >= 4 is 43.8 Å². The Labute approximate surface area is 455 Å². The summed E-state index contributed by atoms with van der Waals surface area (Å²) in [5, 5.41) is 15.7. The highest BCUT2D eigenvalue weighted by atomic mass is 31.2. The Morgan fingerprint density at radius 1 is 0.789 bits per heavy atom. The normalized spacial score (nSPS) is 16.4. The van der Waals surface area contributed by atoms with Crippen molar-refractivity contribution in [3.63, 3.8) is 0 Å². The highest BCUT2D eigenvalue weighted by molar-refractivity contribution is 7.50. The molecule has 5 aromatic rings. The van der Waals surface area contributed by atoms with E-state index in [2.05, 4.69) is 138 Å². The Morgan fingerprint density at radius 3 is 1.84 bits per heavy atom. The molecule has 408 valence electrons. The van der Waals surface area contributed by atoms with Crippen molar-refractivity contribution in [3.8, 4) is 29.4 Å². The fourth-order valence-electron chi connectivity index (χ4n) is 9.69. The van der Waals surface area contributed by atoms with E-state index in [1.165, 1.54) is 0 Å². The van der Waals surface area contributed by atoms with Gasteiger partial charge in [-0.25, -0.2) is 14.7 Å². The zero-order chi connectivity index (χ0) is 54.8. The minimum atomic E-state index is -1.22. The molecule has 4 atom stereocenters. The van der Waals surface area contributed by atoms with Gasteiger partial charge in [0.05, 0.1) is 45.7 Å². The summed E-state index contributed by atoms with van der Waals surface area (Å²) < 4.78 is 37.7. The monoisotopic (exact) mass is 1050 g/mol. The van der Waals surface area contributed by atoms with Gasteiger partial charge in [-0.2, -0.15) is 20.3 Å².